The fourth-order valence-electron chi connectivity index (χ4n) is 5.15. The Labute approximate surface area is 231 Å². The molecule has 2 aliphatic heterocycles. The lowest BCUT2D eigenvalue weighted by molar-refractivity contribution is -0.139. The number of rotatable bonds is 12. The molecule has 1 N–H and O–H groups in total. The molecule has 0 aliphatic carbocycles. The van der Waals surface area contributed by atoms with Crippen LogP contribution in [0, 0.1) is 0 Å². The molecule has 0 aromatic heterocycles. The van der Waals surface area contributed by atoms with Gasteiger partial charge in [-0.3, -0.25) is 9.59 Å². The minimum Gasteiger partial charge on any atom is -0.507 e. The maximum absolute atomic E-state index is 13.4. The predicted octanol–water partition coefficient (Wildman–Crippen LogP) is 4.96. The quantitative estimate of drug-likeness (QED) is 0.178. The molecule has 210 valence electrons. The van der Waals surface area contributed by atoms with Gasteiger partial charge in [0.05, 0.1) is 24.8 Å². The van der Waals surface area contributed by atoms with Crippen LogP contribution in [0.3, 0.4) is 0 Å². The van der Waals surface area contributed by atoms with Gasteiger partial charge in [-0.2, -0.15) is 0 Å². The summed E-state index contributed by atoms with van der Waals surface area (Å²) in [6, 6.07) is 10.1. The Kier molecular flexibility index (Phi) is 9.17. The number of nitrogens with zero attached hydrogens (tertiary/aromatic N) is 2. The van der Waals surface area contributed by atoms with E-state index in [2.05, 4.69) is 6.92 Å². The third-order valence-corrected chi connectivity index (χ3v) is 7.05. The Balaban J connectivity index is 1.78. The van der Waals surface area contributed by atoms with Gasteiger partial charge >= 0.3 is 0 Å². The van der Waals surface area contributed by atoms with Crippen LogP contribution in [0.25, 0.3) is 5.76 Å². The summed E-state index contributed by atoms with van der Waals surface area (Å²) >= 11 is 0. The number of hydrogen-bond acceptors (Lipinski definition) is 7. The van der Waals surface area contributed by atoms with Gasteiger partial charge in [0.15, 0.2) is 11.5 Å². The topological polar surface area (TPSA) is 88.5 Å². The molecule has 1 saturated heterocycles. The molecule has 2 heterocycles. The Morgan fingerprint density at radius 3 is 2.59 bits per heavy atom. The summed E-state index contributed by atoms with van der Waals surface area (Å²) in [6.07, 6.45) is 3.38. The first kappa shape index (κ1) is 28.5. The number of aliphatic hydroxyl groups excluding tert-OH is 1. The van der Waals surface area contributed by atoms with E-state index in [1.54, 1.807) is 11.0 Å². The summed E-state index contributed by atoms with van der Waals surface area (Å²) in [5, 5.41) is 11.5. The zero-order chi connectivity index (χ0) is 28.1. The number of amides is 1. The number of ketones is 1. The Hall–Kier alpha value is -3.52. The van der Waals surface area contributed by atoms with Crippen molar-refractivity contribution in [1.82, 2.24) is 9.80 Å². The first-order valence-corrected chi connectivity index (χ1v) is 13.9. The highest BCUT2D eigenvalue weighted by molar-refractivity contribution is 6.46. The van der Waals surface area contributed by atoms with Gasteiger partial charge in [-0.25, -0.2) is 0 Å². The van der Waals surface area contributed by atoms with Crippen LogP contribution < -0.4 is 14.2 Å². The van der Waals surface area contributed by atoms with E-state index < -0.39 is 17.7 Å². The molecule has 1 amide bonds. The van der Waals surface area contributed by atoms with Crippen LogP contribution in [0.15, 0.2) is 42.0 Å². The Morgan fingerprint density at radius 2 is 1.87 bits per heavy atom. The van der Waals surface area contributed by atoms with Crippen molar-refractivity contribution in [1.29, 1.82) is 0 Å². The van der Waals surface area contributed by atoms with E-state index in [4.69, 9.17) is 14.2 Å². The number of fused-ring (bicyclic) bond motifs is 1. The minimum atomic E-state index is -0.750. The maximum Gasteiger partial charge on any atom is 0.295 e. The maximum atomic E-state index is 13.4. The van der Waals surface area contributed by atoms with Gasteiger partial charge < -0.3 is 29.1 Å². The van der Waals surface area contributed by atoms with Crippen molar-refractivity contribution in [2.24, 2.45) is 0 Å². The monoisotopic (exact) mass is 536 g/mol. The zero-order valence-electron chi connectivity index (χ0n) is 23.7. The highest BCUT2D eigenvalue weighted by Gasteiger charge is 2.46. The molecule has 1 fully saturated rings. The number of carbonyl (C=O) groups excluding carboxylic acids is 2. The number of benzene rings is 2. The molecule has 2 atom stereocenters. The third kappa shape index (κ3) is 6.22. The van der Waals surface area contributed by atoms with Gasteiger partial charge in [0.2, 0.25) is 0 Å². The molecule has 0 radical (unpaired) electrons. The third-order valence-electron chi connectivity index (χ3n) is 7.05. The van der Waals surface area contributed by atoms with Crippen LogP contribution in [0.2, 0.25) is 0 Å². The van der Waals surface area contributed by atoms with Gasteiger partial charge in [0.1, 0.15) is 17.6 Å². The highest BCUT2D eigenvalue weighted by Crippen LogP contribution is 2.43. The van der Waals surface area contributed by atoms with E-state index in [1.807, 2.05) is 63.2 Å². The summed E-state index contributed by atoms with van der Waals surface area (Å²) in [6.45, 7) is 8.12. The van der Waals surface area contributed by atoms with Gasteiger partial charge in [0, 0.05) is 18.5 Å². The lowest BCUT2D eigenvalue weighted by Crippen LogP contribution is -2.32. The number of carbonyl (C=O) groups is 2. The van der Waals surface area contributed by atoms with Crippen LogP contribution in [0.4, 0.5) is 0 Å². The summed E-state index contributed by atoms with van der Waals surface area (Å²) in [7, 11) is 3.94. The average molecular weight is 537 g/mol. The van der Waals surface area contributed by atoms with Crippen LogP contribution in [0.5, 0.6) is 17.2 Å². The van der Waals surface area contributed by atoms with Gasteiger partial charge in [-0.15, -0.1) is 0 Å². The molecule has 0 saturated carbocycles. The number of ether oxygens (including phenoxy) is 3. The van der Waals surface area contributed by atoms with E-state index in [-0.39, 0.29) is 17.4 Å². The molecule has 4 rings (SSSR count). The molecule has 0 unspecified atom stereocenters. The average Bonchev–Trinajstić information content (AvgIpc) is 3.40. The smallest absolute Gasteiger partial charge is 0.295 e. The summed E-state index contributed by atoms with van der Waals surface area (Å²) < 4.78 is 17.7. The first-order chi connectivity index (χ1) is 18.7. The number of aliphatic hydroxyl groups is 1. The summed E-state index contributed by atoms with van der Waals surface area (Å²) in [5.74, 6) is 0.463. The number of likely N-dealkylation sites (tertiary alicyclic amines) is 1. The Bertz CT molecular complexity index is 1240. The van der Waals surface area contributed by atoms with E-state index in [9.17, 15) is 14.7 Å². The minimum absolute atomic E-state index is 0.0507. The largest absolute Gasteiger partial charge is 0.507 e. The van der Waals surface area contributed by atoms with Crippen LogP contribution in [0.1, 0.15) is 62.8 Å². The van der Waals surface area contributed by atoms with Crippen molar-refractivity contribution in [2.75, 3.05) is 40.4 Å². The molecular formula is C31H40N2O6. The van der Waals surface area contributed by atoms with E-state index in [0.29, 0.717) is 48.8 Å². The second-order valence-corrected chi connectivity index (χ2v) is 10.4. The number of unbranched alkanes of at least 4 members (excludes halogenated alkanes) is 1. The van der Waals surface area contributed by atoms with E-state index >= 15 is 0 Å². The van der Waals surface area contributed by atoms with Crippen molar-refractivity contribution in [3.63, 3.8) is 0 Å². The molecule has 2 aromatic rings. The van der Waals surface area contributed by atoms with Gasteiger partial charge in [0.25, 0.3) is 11.7 Å². The molecular weight excluding hydrogens is 496 g/mol. The second kappa shape index (κ2) is 12.6. The van der Waals surface area contributed by atoms with Crippen LogP contribution in [-0.4, -0.2) is 73.1 Å². The normalized spacial score (nSPS) is 19.9. The lowest BCUT2D eigenvalue weighted by Gasteiger charge is -2.26. The van der Waals surface area contributed by atoms with E-state index in [1.165, 1.54) is 0 Å². The van der Waals surface area contributed by atoms with Crippen LogP contribution >= 0.6 is 0 Å². The molecule has 2 aromatic carbocycles. The predicted molar refractivity (Wildman–Crippen MR) is 150 cm³/mol. The second-order valence-electron chi connectivity index (χ2n) is 10.4. The fraction of sp³-hybridized carbons (Fsp3) is 0.484. The van der Waals surface area contributed by atoms with Gasteiger partial charge in [-0.05, 0) is 88.8 Å². The van der Waals surface area contributed by atoms with Crippen molar-refractivity contribution in [3.05, 3.63) is 58.7 Å². The van der Waals surface area contributed by atoms with Crippen molar-refractivity contribution in [3.8, 4) is 17.2 Å². The molecule has 0 bridgehead atoms. The van der Waals surface area contributed by atoms with Crippen molar-refractivity contribution in [2.45, 2.75) is 58.6 Å². The molecule has 39 heavy (non-hydrogen) atoms. The highest BCUT2D eigenvalue weighted by atomic mass is 16.5. The number of hydrogen-bond donors (Lipinski definition) is 1. The van der Waals surface area contributed by atoms with E-state index in [0.717, 1.165) is 37.1 Å². The SMILES string of the molecule is CCCCOc1ccc([C@@H]2C(=C(O)c3ccc4c(c3)C[C@@H](C)O4)C(=O)C(=O)N2CCCN(C)C)cc1OCC. The first-order valence-electron chi connectivity index (χ1n) is 13.9. The Morgan fingerprint density at radius 1 is 1.08 bits per heavy atom. The molecule has 8 nitrogen and oxygen atoms in total. The van der Waals surface area contributed by atoms with Crippen molar-refractivity contribution < 1.29 is 28.9 Å². The summed E-state index contributed by atoms with van der Waals surface area (Å²) in [5.41, 5.74) is 2.23. The molecule has 2 aliphatic rings. The standard InChI is InChI=1S/C31H40N2O6/c1-6-8-16-38-25-13-10-21(19-26(25)37-7-2)28-27(30(35)31(36)33(28)15-9-14-32(4)5)29(34)22-11-12-24-23(18-22)17-20(3)39-24/h10-13,18-20,28,34H,6-9,14-17H2,1-5H3/t20-,28-/m1/s1. The molecule has 8 heteroatoms. The number of Topliss-reactive ketones (excluding diaryl/α,β-unsaturated/α-hetero) is 1. The van der Waals surface area contributed by atoms with Crippen LogP contribution in [-0.2, 0) is 16.0 Å². The molecule has 0 spiro atoms. The van der Waals surface area contributed by atoms with Crippen molar-refractivity contribution >= 4 is 17.4 Å². The zero-order valence-corrected chi connectivity index (χ0v) is 23.7. The van der Waals surface area contributed by atoms with Gasteiger partial charge in [-0.1, -0.05) is 19.4 Å². The fourth-order valence-corrected chi connectivity index (χ4v) is 5.15. The summed E-state index contributed by atoms with van der Waals surface area (Å²) in [4.78, 5) is 30.4. The lowest BCUT2D eigenvalue weighted by atomic mass is 9.94.